The molecule has 1 rings (SSSR count). The molecular weight excluding hydrogens is 171 g/mol. The Hall–Kier alpha value is -1.29. The quantitative estimate of drug-likeness (QED) is 0.684. The van der Waals surface area contributed by atoms with Crippen molar-refractivity contribution in [3.8, 4) is 0 Å². The first-order valence-electron chi connectivity index (χ1n) is 4.01. The van der Waals surface area contributed by atoms with Crippen molar-refractivity contribution in [1.29, 1.82) is 0 Å². The van der Waals surface area contributed by atoms with Gasteiger partial charge in [-0.1, -0.05) is 0 Å². The molecule has 1 aromatic rings. The van der Waals surface area contributed by atoms with E-state index in [-0.39, 0.29) is 12.4 Å². The maximum Gasteiger partial charge on any atom is 0.127 e. The van der Waals surface area contributed by atoms with E-state index in [9.17, 15) is 4.39 Å². The van der Waals surface area contributed by atoms with E-state index in [4.69, 9.17) is 10.8 Å². The van der Waals surface area contributed by atoms with Gasteiger partial charge in [-0.15, -0.1) is 0 Å². The molecule has 13 heavy (non-hydrogen) atoms. The number of aliphatic hydroxyl groups is 1. The van der Waals surface area contributed by atoms with Crippen LogP contribution in [0.1, 0.15) is 0 Å². The number of halogens is 1. The van der Waals surface area contributed by atoms with Crippen molar-refractivity contribution < 1.29 is 9.50 Å². The molecule has 0 heterocycles. The second kappa shape index (κ2) is 4.09. The van der Waals surface area contributed by atoms with E-state index in [0.717, 1.165) is 0 Å². The van der Waals surface area contributed by atoms with Gasteiger partial charge in [0.2, 0.25) is 0 Å². The van der Waals surface area contributed by atoms with Gasteiger partial charge in [0, 0.05) is 25.0 Å². The van der Waals surface area contributed by atoms with Crippen LogP contribution in [-0.2, 0) is 0 Å². The van der Waals surface area contributed by atoms with Gasteiger partial charge >= 0.3 is 0 Å². The van der Waals surface area contributed by atoms with Crippen molar-refractivity contribution in [2.45, 2.75) is 0 Å². The number of rotatable bonds is 3. The lowest BCUT2D eigenvalue weighted by atomic mass is 10.2. The second-order valence-corrected chi connectivity index (χ2v) is 2.89. The molecule has 0 fully saturated rings. The summed E-state index contributed by atoms with van der Waals surface area (Å²) in [7, 11) is 1.77. The molecule has 0 aliphatic rings. The minimum Gasteiger partial charge on any atom is -0.399 e. The first kappa shape index (κ1) is 9.80. The third kappa shape index (κ3) is 2.59. The number of likely N-dealkylation sites (N-methyl/N-ethyl adjacent to an activating group) is 1. The monoisotopic (exact) mass is 184 g/mol. The smallest absolute Gasteiger partial charge is 0.127 e. The highest BCUT2D eigenvalue weighted by molar-refractivity contribution is 5.55. The zero-order valence-electron chi connectivity index (χ0n) is 7.50. The molecule has 0 aliphatic heterocycles. The van der Waals surface area contributed by atoms with Crippen molar-refractivity contribution in [3.05, 3.63) is 24.0 Å². The average molecular weight is 184 g/mol. The van der Waals surface area contributed by atoms with Crippen molar-refractivity contribution in [2.75, 3.05) is 30.8 Å². The lowest BCUT2D eigenvalue weighted by Crippen LogP contribution is -2.21. The number of aliphatic hydroxyl groups excluding tert-OH is 1. The van der Waals surface area contributed by atoms with E-state index in [1.54, 1.807) is 18.0 Å². The number of nitrogens with two attached hydrogens (primary N) is 1. The van der Waals surface area contributed by atoms with Crippen molar-refractivity contribution in [3.63, 3.8) is 0 Å². The maximum atomic E-state index is 12.9. The van der Waals surface area contributed by atoms with Crippen molar-refractivity contribution >= 4 is 11.4 Å². The zero-order chi connectivity index (χ0) is 9.84. The number of benzene rings is 1. The molecule has 72 valence electrons. The standard InChI is InChI=1S/C9H13FN2O/c1-12(2-3-13)9-5-7(10)4-8(11)6-9/h4-6,13H,2-3,11H2,1H3. The topological polar surface area (TPSA) is 49.5 Å². The Labute approximate surface area is 76.6 Å². The van der Waals surface area contributed by atoms with Gasteiger partial charge in [-0.25, -0.2) is 4.39 Å². The maximum absolute atomic E-state index is 12.9. The fraction of sp³-hybridized carbons (Fsp3) is 0.333. The van der Waals surface area contributed by atoms with Crippen LogP contribution in [0.15, 0.2) is 18.2 Å². The number of nitrogens with zero attached hydrogens (tertiary/aromatic N) is 1. The molecule has 0 aliphatic carbocycles. The van der Waals surface area contributed by atoms with Gasteiger partial charge in [0.1, 0.15) is 5.82 Å². The summed E-state index contributed by atoms with van der Waals surface area (Å²) < 4.78 is 12.9. The average Bonchev–Trinajstić information content (AvgIpc) is 2.03. The predicted octanol–water partition coefficient (Wildman–Crippen LogP) is 0.836. The molecule has 3 nitrogen and oxygen atoms in total. The van der Waals surface area contributed by atoms with Crippen LogP contribution < -0.4 is 10.6 Å². The van der Waals surface area contributed by atoms with Crippen LogP contribution in [0.25, 0.3) is 0 Å². The molecule has 0 radical (unpaired) electrons. The normalized spacial score (nSPS) is 10.1. The van der Waals surface area contributed by atoms with Crippen molar-refractivity contribution in [1.82, 2.24) is 0 Å². The zero-order valence-corrected chi connectivity index (χ0v) is 7.50. The third-order valence-corrected chi connectivity index (χ3v) is 1.78. The fourth-order valence-corrected chi connectivity index (χ4v) is 1.10. The molecular formula is C9H13FN2O. The van der Waals surface area contributed by atoms with Crippen molar-refractivity contribution in [2.24, 2.45) is 0 Å². The summed E-state index contributed by atoms with van der Waals surface area (Å²) in [6.07, 6.45) is 0. The molecule has 0 spiro atoms. The fourth-order valence-electron chi connectivity index (χ4n) is 1.10. The van der Waals surface area contributed by atoms with E-state index in [1.807, 2.05) is 0 Å². The number of anilines is 2. The Morgan fingerprint density at radius 1 is 1.46 bits per heavy atom. The van der Waals surface area contributed by atoms with Gasteiger partial charge in [-0.05, 0) is 18.2 Å². The van der Waals surface area contributed by atoms with Crippen LogP contribution >= 0.6 is 0 Å². The van der Waals surface area contributed by atoms with Gasteiger partial charge in [0.05, 0.1) is 6.61 Å². The van der Waals surface area contributed by atoms with Gasteiger partial charge in [0.25, 0.3) is 0 Å². The van der Waals surface area contributed by atoms with E-state index < -0.39 is 0 Å². The third-order valence-electron chi connectivity index (χ3n) is 1.78. The minimum absolute atomic E-state index is 0.0346. The Balaban J connectivity index is 2.87. The largest absolute Gasteiger partial charge is 0.399 e. The Morgan fingerprint density at radius 3 is 2.69 bits per heavy atom. The molecule has 0 saturated carbocycles. The van der Waals surface area contributed by atoms with E-state index >= 15 is 0 Å². The van der Waals surface area contributed by atoms with Crippen LogP contribution in [0.2, 0.25) is 0 Å². The molecule has 0 aromatic heterocycles. The van der Waals surface area contributed by atoms with Gasteiger partial charge < -0.3 is 15.7 Å². The molecule has 3 N–H and O–H groups in total. The second-order valence-electron chi connectivity index (χ2n) is 2.89. The summed E-state index contributed by atoms with van der Waals surface area (Å²) in [5.74, 6) is -0.361. The Bertz CT molecular complexity index is 271. The van der Waals surface area contributed by atoms with E-state index in [0.29, 0.717) is 17.9 Å². The molecule has 1 aromatic carbocycles. The molecule has 0 bridgehead atoms. The summed E-state index contributed by atoms with van der Waals surface area (Å²) in [5.41, 5.74) is 6.53. The summed E-state index contributed by atoms with van der Waals surface area (Å²) in [4.78, 5) is 1.74. The molecule has 0 amide bonds. The van der Waals surface area contributed by atoms with Crippen LogP contribution in [0, 0.1) is 5.82 Å². The SMILES string of the molecule is CN(CCO)c1cc(N)cc(F)c1. The highest BCUT2D eigenvalue weighted by Crippen LogP contribution is 2.18. The summed E-state index contributed by atoms with van der Waals surface area (Å²) >= 11 is 0. The summed E-state index contributed by atoms with van der Waals surface area (Å²) in [5, 5.41) is 8.67. The summed E-state index contributed by atoms with van der Waals surface area (Å²) in [6.45, 7) is 0.496. The lowest BCUT2D eigenvalue weighted by molar-refractivity contribution is 0.304. The van der Waals surface area contributed by atoms with Crippen LogP contribution in [0.5, 0.6) is 0 Å². The number of nitrogen functional groups attached to an aromatic ring is 1. The van der Waals surface area contributed by atoms with E-state index in [1.165, 1.54) is 12.1 Å². The number of hydrogen-bond acceptors (Lipinski definition) is 3. The molecule has 4 heteroatoms. The first-order chi connectivity index (χ1) is 6.13. The predicted molar refractivity (Wildman–Crippen MR) is 51.2 cm³/mol. The van der Waals surface area contributed by atoms with E-state index in [2.05, 4.69) is 0 Å². The Kier molecular flexibility index (Phi) is 3.08. The van der Waals surface area contributed by atoms with Crippen LogP contribution in [0.4, 0.5) is 15.8 Å². The Morgan fingerprint density at radius 2 is 2.15 bits per heavy atom. The van der Waals surface area contributed by atoms with Gasteiger partial charge in [-0.3, -0.25) is 0 Å². The van der Waals surface area contributed by atoms with Gasteiger partial charge in [0.15, 0.2) is 0 Å². The number of hydrogen-bond donors (Lipinski definition) is 2. The first-order valence-corrected chi connectivity index (χ1v) is 4.01. The molecule has 0 unspecified atom stereocenters. The van der Waals surface area contributed by atoms with Gasteiger partial charge in [-0.2, -0.15) is 0 Å². The highest BCUT2D eigenvalue weighted by atomic mass is 19.1. The van der Waals surface area contributed by atoms with Crippen LogP contribution in [0.3, 0.4) is 0 Å². The molecule has 0 atom stereocenters. The lowest BCUT2D eigenvalue weighted by Gasteiger charge is -2.18. The minimum atomic E-state index is -0.361. The van der Waals surface area contributed by atoms with Crippen LogP contribution in [-0.4, -0.2) is 25.3 Å². The summed E-state index contributed by atoms with van der Waals surface area (Å²) in [6, 6.07) is 4.31. The molecule has 0 saturated heterocycles. The highest BCUT2D eigenvalue weighted by Gasteiger charge is 2.02.